The van der Waals surface area contributed by atoms with Gasteiger partial charge in [-0.2, -0.15) is 11.8 Å². The molecule has 1 aromatic carbocycles. The van der Waals surface area contributed by atoms with Gasteiger partial charge in [-0.3, -0.25) is 4.79 Å². The summed E-state index contributed by atoms with van der Waals surface area (Å²) in [7, 11) is 0. The summed E-state index contributed by atoms with van der Waals surface area (Å²) in [6.07, 6.45) is 4.90. The second-order valence-electron chi connectivity index (χ2n) is 5.22. The number of carbonyl (C=O) groups is 1. The molecular weight excluding hydrogens is 268 g/mol. The van der Waals surface area contributed by atoms with Gasteiger partial charge in [-0.1, -0.05) is 31.9 Å². The number of amides is 1. The highest BCUT2D eigenvalue weighted by molar-refractivity contribution is 7.99. The first kappa shape index (κ1) is 15.4. The fourth-order valence-corrected chi connectivity index (χ4v) is 3.23. The number of carbonyl (C=O) groups excluding carboxylic acids is 1. The molecule has 0 radical (unpaired) electrons. The first-order valence-electron chi connectivity index (χ1n) is 7.50. The number of unbranched alkanes of at least 4 members (excludes halogenated alkanes) is 2. The Kier molecular flexibility index (Phi) is 6.40. The van der Waals surface area contributed by atoms with E-state index in [0.29, 0.717) is 0 Å². The van der Waals surface area contributed by atoms with E-state index in [0.717, 1.165) is 30.2 Å². The highest BCUT2D eigenvalue weighted by atomic mass is 32.2. The molecule has 4 heteroatoms. The molecule has 2 rings (SSSR count). The molecule has 1 unspecified atom stereocenters. The molecule has 1 aliphatic rings. The summed E-state index contributed by atoms with van der Waals surface area (Å²) in [6.45, 7) is 3.13. The van der Waals surface area contributed by atoms with E-state index in [1.807, 2.05) is 23.9 Å². The topological polar surface area (TPSA) is 41.1 Å². The van der Waals surface area contributed by atoms with Crippen molar-refractivity contribution in [1.29, 1.82) is 0 Å². The molecule has 3 nitrogen and oxygen atoms in total. The lowest BCUT2D eigenvalue weighted by Crippen LogP contribution is -2.46. The molecule has 1 saturated heterocycles. The van der Waals surface area contributed by atoms with Crippen LogP contribution in [-0.2, 0) is 11.2 Å². The maximum Gasteiger partial charge on any atom is 0.242 e. The molecular formula is C16H24N2OS. The molecule has 110 valence electrons. The monoisotopic (exact) mass is 292 g/mol. The first-order valence-corrected chi connectivity index (χ1v) is 8.66. The molecule has 1 heterocycles. The van der Waals surface area contributed by atoms with Crippen LogP contribution < -0.4 is 10.6 Å². The van der Waals surface area contributed by atoms with E-state index in [2.05, 4.69) is 29.7 Å². The van der Waals surface area contributed by atoms with Crippen molar-refractivity contribution < 1.29 is 4.79 Å². The summed E-state index contributed by atoms with van der Waals surface area (Å²) in [6, 6.07) is 8.20. The van der Waals surface area contributed by atoms with E-state index in [4.69, 9.17) is 0 Å². The quantitative estimate of drug-likeness (QED) is 0.792. The van der Waals surface area contributed by atoms with Crippen molar-refractivity contribution in [2.45, 2.75) is 38.6 Å². The van der Waals surface area contributed by atoms with E-state index < -0.39 is 0 Å². The van der Waals surface area contributed by atoms with Gasteiger partial charge in [0, 0.05) is 23.7 Å². The molecule has 1 aromatic rings. The second-order valence-corrected chi connectivity index (χ2v) is 6.37. The average molecular weight is 292 g/mol. The zero-order valence-electron chi connectivity index (χ0n) is 12.2. The van der Waals surface area contributed by atoms with Gasteiger partial charge in [-0.05, 0) is 30.5 Å². The van der Waals surface area contributed by atoms with Gasteiger partial charge in [0.05, 0.1) is 6.04 Å². The highest BCUT2D eigenvalue weighted by Crippen LogP contribution is 2.14. The van der Waals surface area contributed by atoms with Crippen LogP contribution in [0, 0.1) is 0 Å². The minimum Gasteiger partial charge on any atom is -0.325 e. The lowest BCUT2D eigenvalue weighted by Gasteiger charge is -2.22. The Morgan fingerprint density at radius 3 is 2.80 bits per heavy atom. The van der Waals surface area contributed by atoms with Gasteiger partial charge in [-0.15, -0.1) is 0 Å². The normalized spacial score (nSPS) is 18.8. The summed E-state index contributed by atoms with van der Waals surface area (Å²) in [5.41, 5.74) is 2.24. The molecule has 2 N–H and O–H groups in total. The number of benzene rings is 1. The van der Waals surface area contributed by atoms with Crippen LogP contribution >= 0.6 is 11.8 Å². The van der Waals surface area contributed by atoms with Crippen LogP contribution in [0.2, 0.25) is 0 Å². The van der Waals surface area contributed by atoms with Crippen LogP contribution in [-0.4, -0.2) is 30.0 Å². The summed E-state index contributed by atoms with van der Waals surface area (Å²) in [4.78, 5) is 12.1. The van der Waals surface area contributed by atoms with E-state index in [9.17, 15) is 4.79 Å². The third-order valence-electron chi connectivity index (χ3n) is 3.53. The fraction of sp³-hybridized carbons (Fsp3) is 0.562. The number of thioether (sulfide) groups is 1. The Bertz CT molecular complexity index is 413. The molecule has 1 fully saturated rings. The predicted octanol–water partition coefficient (Wildman–Crippen LogP) is 3.06. The van der Waals surface area contributed by atoms with Gasteiger partial charge in [0.15, 0.2) is 0 Å². The zero-order valence-corrected chi connectivity index (χ0v) is 13.0. The van der Waals surface area contributed by atoms with Crippen LogP contribution in [0.4, 0.5) is 5.69 Å². The van der Waals surface area contributed by atoms with Crippen LogP contribution in [0.5, 0.6) is 0 Å². The third-order valence-corrected chi connectivity index (χ3v) is 4.59. The predicted molar refractivity (Wildman–Crippen MR) is 87.4 cm³/mol. The van der Waals surface area contributed by atoms with Crippen LogP contribution in [0.3, 0.4) is 0 Å². The van der Waals surface area contributed by atoms with E-state index in [-0.39, 0.29) is 11.9 Å². The van der Waals surface area contributed by atoms with Crippen molar-refractivity contribution in [3.8, 4) is 0 Å². The lowest BCUT2D eigenvalue weighted by atomic mass is 10.1. The van der Waals surface area contributed by atoms with Crippen molar-refractivity contribution in [1.82, 2.24) is 5.32 Å². The van der Waals surface area contributed by atoms with Gasteiger partial charge in [0.25, 0.3) is 0 Å². The van der Waals surface area contributed by atoms with Crippen LogP contribution in [0.1, 0.15) is 31.7 Å². The Morgan fingerprint density at radius 1 is 1.35 bits per heavy atom. The molecule has 20 heavy (non-hydrogen) atoms. The van der Waals surface area contributed by atoms with Crippen molar-refractivity contribution in [2.24, 2.45) is 0 Å². The van der Waals surface area contributed by atoms with Crippen molar-refractivity contribution >= 4 is 23.4 Å². The number of rotatable bonds is 6. The Balaban J connectivity index is 1.81. The number of anilines is 1. The zero-order chi connectivity index (χ0) is 14.2. The van der Waals surface area contributed by atoms with Gasteiger partial charge in [-0.25, -0.2) is 0 Å². The van der Waals surface area contributed by atoms with Crippen LogP contribution in [0.15, 0.2) is 24.3 Å². The number of nitrogens with one attached hydrogen (secondary N) is 2. The molecule has 0 bridgehead atoms. The maximum absolute atomic E-state index is 12.1. The molecule has 1 atom stereocenters. The SMILES string of the molecule is CCCCCc1ccc(NC(=O)C2CSCCN2)cc1. The number of aryl methyl sites for hydroxylation is 1. The fourth-order valence-electron chi connectivity index (χ4n) is 2.30. The third kappa shape index (κ3) is 4.84. The van der Waals surface area contributed by atoms with Gasteiger partial charge in [0.1, 0.15) is 0 Å². The second kappa shape index (κ2) is 8.32. The van der Waals surface area contributed by atoms with Crippen molar-refractivity contribution in [3.63, 3.8) is 0 Å². The smallest absolute Gasteiger partial charge is 0.242 e. The van der Waals surface area contributed by atoms with Gasteiger partial charge in [0.2, 0.25) is 5.91 Å². The van der Waals surface area contributed by atoms with Gasteiger partial charge < -0.3 is 10.6 Å². The number of hydrogen-bond donors (Lipinski definition) is 2. The van der Waals surface area contributed by atoms with E-state index >= 15 is 0 Å². The summed E-state index contributed by atoms with van der Waals surface area (Å²) >= 11 is 1.83. The Labute approximate surface area is 125 Å². The Hall–Kier alpha value is -1.00. The first-order chi connectivity index (χ1) is 9.79. The largest absolute Gasteiger partial charge is 0.325 e. The van der Waals surface area contributed by atoms with Crippen LogP contribution in [0.25, 0.3) is 0 Å². The molecule has 0 aliphatic carbocycles. The standard InChI is InChI=1S/C16H24N2OS/c1-2-3-4-5-13-6-8-14(9-7-13)18-16(19)15-12-20-11-10-17-15/h6-9,15,17H,2-5,10-12H2,1H3,(H,18,19). The summed E-state index contributed by atoms with van der Waals surface area (Å²) in [5.74, 6) is 2.04. The molecule has 0 aromatic heterocycles. The summed E-state index contributed by atoms with van der Waals surface area (Å²) < 4.78 is 0. The number of hydrogen-bond acceptors (Lipinski definition) is 3. The van der Waals surface area contributed by atoms with E-state index in [1.54, 1.807) is 0 Å². The van der Waals surface area contributed by atoms with Crippen molar-refractivity contribution in [2.75, 3.05) is 23.4 Å². The average Bonchev–Trinajstić information content (AvgIpc) is 2.50. The molecule has 0 spiro atoms. The summed E-state index contributed by atoms with van der Waals surface area (Å²) in [5, 5.41) is 6.24. The molecule has 1 amide bonds. The van der Waals surface area contributed by atoms with E-state index in [1.165, 1.54) is 24.8 Å². The minimum atomic E-state index is -0.0574. The minimum absolute atomic E-state index is 0.0574. The highest BCUT2D eigenvalue weighted by Gasteiger charge is 2.20. The molecule has 1 aliphatic heterocycles. The molecule has 0 saturated carbocycles. The Morgan fingerprint density at radius 2 is 2.15 bits per heavy atom. The lowest BCUT2D eigenvalue weighted by molar-refractivity contribution is -0.117. The maximum atomic E-state index is 12.1. The van der Waals surface area contributed by atoms with Crippen molar-refractivity contribution in [3.05, 3.63) is 29.8 Å². The van der Waals surface area contributed by atoms with Gasteiger partial charge >= 0.3 is 0 Å².